The number of aromatic amines is 2. The van der Waals surface area contributed by atoms with Gasteiger partial charge in [0, 0.05) is 49.3 Å². The third-order valence-electron chi connectivity index (χ3n) is 6.75. The second-order valence-electron chi connectivity index (χ2n) is 9.41. The number of allylic oxidation sites excluding steroid dienone is 1. The van der Waals surface area contributed by atoms with Gasteiger partial charge in [-0.1, -0.05) is 0 Å². The number of hydrogen-bond donors (Lipinski definition) is 2. The molecule has 0 atom stereocenters. The molecule has 0 bridgehead atoms. The Balaban J connectivity index is 1.37. The van der Waals surface area contributed by atoms with Crippen molar-refractivity contribution in [2.24, 2.45) is 4.99 Å². The van der Waals surface area contributed by atoms with Crippen LogP contribution < -0.4 is 4.90 Å². The van der Waals surface area contributed by atoms with E-state index in [0.717, 1.165) is 58.7 Å². The van der Waals surface area contributed by atoms with E-state index in [4.69, 9.17) is 4.98 Å². The molecule has 6 heterocycles. The van der Waals surface area contributed by atoms with Gasteiger partial charge < -0.3 is 9.88 Å². The highest BCUT2D eigenvalue weighted by Crippen LogP contribution is 2.31. The Labute approximate surface area is 214 Å². The Kier molecular flexibility index (Phi) is 5.93. The molecule has 6 rings (SSSR count). The number of anilines is 1. The van der Waals surface area contributed by atoms with Crippen LogP contribution in [0.3, 0.4) is 0 Å². The molecule has 0 saturated carbocycles. The van der Waals surface area contributed by atoms with E-state index >= 15 is 0 Å². The molecular formula is C27H28N10. The molecule has 5 aromatic heterocycles. The van der Waals surface area contributed by atoms with E-state index in [0.29, 0.717) is 17.2 Å². The Morgan fingerprint density at radius 3 is 2.89 bits per heavy atom. The number of imidazole rings is 1. The molecule has 37 heavy (non-hydrogen) atoms. The number of aliphatic imine (C=N–C) groups is 1. The molecule has 0 amide bonds. The minimum atomic E-state index is 0.612. The average molecular weight is 493 g/mol. The molecule has 1 aliphatic rings. The van der Waals surface area contributed by atoms with Gasteiger partial charge in [-0.3, -0.25) is 25.0 Å². The number of rotatable bonds is 7. The molecule has 0 aliphatic carbocycles. The van der Waals surface area contributed by atoms with Crippen molar-refractivity contribution in [1.29, 1.82) is 0 Å². The molecule has 1 fully saturated rings. The van der Waals surface area contributed by atoms with Crippen LogP contribution in [0.25, 0.3) is 44.8 Å². The summed E-state index contributed by atoms with van der Waals surface area (Å²) in [5.74, 6) is 0.634. The van der Waals surface area contributed by atoms with E-state index in [1.807, 2.05) is 55.8 Å². The summed E-state index contributed by atoms with van der Waals surface area (Å²) in [7, 11) is 1.96. The first-order valence-corrected chi connectivity index (χ1v) is 12.3. The highest BCUT2D eigenvalue weighted by molar-refractivity contribution is 5.96. The highest BCUT2D eigenvalue weighted by atomic mass is 15.2. The molecule has 0 unspecified atom stereocenters. The number of likely N-dealkylation sites (tertiary alicyclic amines) is 1. The summed E-state index contributed by atoms with van der Waals surface area (Å²) in [6.07, 6.45) is 11.8. The lowest BCUT2D eigenvalue weighted by atomic mass is 10.1. The van der Waals surface area contributed by atoms with E-state index in [1.54, 1.807) is 6.20 Å². The maximum absolute atomic E-state index is 4.75. The lowest BCUT2D eigenvalue weighted by Gasteiger charge is -2.15. The van der Waals surface area contributed by atoms with E-state index < -0.39 is 0 Å². The van der Waals surface area contributed by atoms with Crippen molar-refractivity contribution in [3.8, 4) is 22.8 Å². The smallest absolute Gasteiger partial charge is 0.180 e. The Morgan fingerprint density at radius 1 is 1.19 bits per heavy atom. The first-order valence-electron chi connectivity index (χ1n) is 12.3. The van der Waals surface area contributed by atoms with Gasteiger partial charge in [0.05, 0.1) is 28.8 Å². The van der Waals surface area contributed by atoms with Gasteiger partial charge >= 0.3 is 0 Å². The second-order valence-corrected chi connectivity index (χ2v) is 9.41. The first-order chi connectivity index (χ1) is 18.1. The Morgan fingerprint density at radius 2 is 2.05 bits per heavy atom. The van der Waals surface area contributed by atoms with Gasteiger partial charge in [-0.25, -0.2) is 9.97 Å². The number of nitrogens with zero attached hydrogens (tertiary/aromatic N) is 8. The third-order valence-corrected chi connectivity index (χ3v) is 6.75. The maximum atomic E-state index is 4.75. The van der Waals surface area contributed by atoms with Crippen LogP contribution in [0, 0.1) is 0 Å². The molecule has 186 valence electrons. The number of nitrogens with one attached hydrogen (secondary N) is 2. The van der Waals surface area contributed by atoms with E-state index in [2.05, 4.69) is 52.8 Å². The van der Waals surface area contributed by atoms with Crippen molar-refractivity contribution in [2.75, 3.05) is 25.0 Å². The Hall–Kier alpha value is -4.44. The van der Waals surface area contributed by atoms with Crippen molar-refractivity contribution < 1.29 is 0 Å². The van der Waals surface area contributed by atoms with Gasteiger partial charge in [-0.05, 0) is 63.3 Å². The van der Waals surface area contributed by atoms with E-state index in [9.17, 15) is 0 Å². The molecule has 0 spiro atoms. The third kappa shape index (κ3) is 4.47. The van der Waals surface area contributed by atoms with Crippen molar-refractivity contribution in [1.82, 2.24) is 40.0 Å². The number of pyridine rings is 3. The Bertz CT molecular complexity index is 1620. The summed E-state index contributed by atoms with van der Waals surface area (Å²) in [4.78, 5) is 30.2. The molecule has 1 saturated heterocycles. The van der Waals surface area contributed by atoms with Crippen molar-refractivity contribution in [2.45, 2.75) is 26.3 Å². The van der Waals surface area contributed by atoms with Crippen LogP contribution in [0.1, 0.15) is 25.3 Å². The molecule has 5 aromatic rings. The number of H-pyrrole nitrogens is 2. The van der Waals surface area contributed by atoms with Crippen LogP contribution >= 0.6 is 0 Å². The van der Waals surface area contributed by atoms with Crippen molar-refractivity contribution in [3.05, 3.63) is 60.4 Å². The summed E-state index contributed by atoms with van der Waals surface area (Å²) in [5.41, 5.74) is 7.74. The SMILES string of the molecule is C=N/C(C)=C\N(C)c1ccnc2nc(-c3n[nH]c4cnc(-c5cncc(CN6CCCC6)c5)cc34)[nH]c12. The van der Waals surface area contributed by atoms with Gasteiger partial charge in [0.15, 0.2) is 11.5 Å². The molecule has 2 N–H and O–H groups in total. The topological polar surface area (TPSA) is 115 Å². The molecule has 0 aromatic carbocycles. The minimum absolute atomic E-state index is 0.612. The van der Waals surface area contributed by atoms with Gasteiger partial charge in [0.25, 0.3) is 0 Å². The largest absolute Gasteiger partial charge is 0.347 e. The van der Waals surface area contributed by atoms with Crippen molar-refractivity contribution >= 4 is 34.5 Å². The van der Waals surface area contributed by atoms with Gasteiger partial charge in [0.1, 0.15) is 11.2 Å². The van der Waals surface area contributed by atoms with Crippen molar-refractivity contribution in [3.63, 3.8) is 0 Å². The van der Waals surface area contributed by atoms with Crippen LogP contribution in [0.5, 0.6) is 0 Å². The summed E-state index contributed by atoms with van der Waals surface area (Å²) >= 11 is 0. The van der Waals surface area contributed by atoms with Crippen LogP contribution in [0.2, 0.25) is 0 Å². The molecule has 0 radical (unpaired) electrons. The average Bonchev–Trinajstić information content (AvgIpc) is 3.67. The van der Waals surface area contributed by atoms with E-state index in [1.165, 1.54) is 18.4 Å². The minimum Gasteiger partial charge on any atom is -0.347 e. The van der Waals surface area contributed by atoms with Crippen LogP contribution in [-0.2, 0) is 6.54 Å². The van der Waals surface area contributed by atoms with Crippen LogP contribution in [0.4, 0.5) is 5.69 Å². The number of aromatic nitrogens is 7. The number of fused-ring (bicyclic) bond motifs is 2. The summed E-state index contributed by atoms with van der Waals surface area (Å²) < 4.78 is 0. The summed E-state index contributed by atoms with van der Waals surface area (Å²) in [6, 6.07) is 6.16. The lowest BCUT2D eigenvalue weighted by molar-refractivity contribution is 0.331. The molecular weight excluding hydrogens is 464 g/mol. The van der Waals surface area contributed by atoms with Gasteiger partial charge in [0.2, 0.25) is 0 Å². The fourth-order valence-corrected chi connectivity index (χ4v) is 4.86. The maximum Gasteiger partial charge on any atom is 0.180 e. The predicted octanol–water partition coefficient (Wildman–Crippen LogP) is 4.55. The summed E-state index contributed by atoms with van der Waals surface area (Å²) in [6.45, 7) is 8.71. The molecule has 10 nitrogen and oxygen atoms in total. The summed E-state index contributed by atoms with van der Waals surface area (Å²) in [5, 5.41) is 8.57. The quantitative estimate of drug-likeness (QED) is 0.320. The monoisotopic (exact) mass is 492 g/mol. The van der Waals surface area contributed by atoms with Crippen LogP contribution in [0.15, 0.2) is 59.9 Å². The second kappa shape index (κ2) is 9.55. The van der Waals surface area contributed by atoms with Crippen LogP contribution in [-0.4, -0.2) is 66.9 Å². The lowest BCUT2D eigenvalue weighted by Crippen LogP contribution is -2.18. The van der Waals surface area contributed by atoms with Gasteiger partial charge in [-0.15, -0.1) is 0 Å². The molecule has 1 aliphatic heterocycles. The fraction of sp³-hybridized carbons (Fsp3) is 0.259. The van der Waals surface area contributed by atoms with E-state index in [-0.39, 0.29) is 0 Å². The van der Waals surface area contributed by atoms with Gasteiger partial charge in [-0.2, -0.15) is 5.10 Å². The highest BCUT2D eigenvalue weighted by Gasteiger charge is 2.18. The molecule has 10 heteroatoms. The zero-order valence-corrected chi connectivity index (χ0v) is 20.9. The number of hydrogen-bond acceptors (Lipinski definition) is 8. The first kappa shape index (κ1) is 23.0. The zero-order valence-electron chi connectivity index (χ0n) is 20.9. The predicted molar refractivity (Wildman–Crippen MR) is 146 cm³/mol. The normalized spacial score (nSPS) is 14.6. The zero-order chi connectivity index (χ0) is 25.4. The fourth-order valence-electron chi connectivity index (χ4n) is 4.86. The standard InChI is InChI=1S/C27H28N10/c1-17(28-2)15-36(3)23-6-7-30-26-25(23)32-27(33-26)24-20-11-21(31-14-22(20)34-35-24)19-10-18(12-29-13-19)16-37-8-4-5-9-37/h6-7,10-15H,2,4-5,8-9,16H2,1,3H3,(H,34,35)(H,30,32,33)/b17-15-.